The van der Waals surface area contributed by atoms with Crippen molar-refractivity contribution in [1.29, 1.82) is 0 Å². The van der Waals surface area contributed by atoms with Crippen LogP contribution in [-0.2, 0) is 13.0 Å². The summed E-state index contributed by atoms with van der Waals surface area (Å²) in [5, 5.41) is 0. The Kier molecular flexibility index (Phi) is 5.23. The Morgan fingerprint density at radius 3 is 2.41 bits per heavy atom. The van der Waals surface area contributed by atoms with Gasteiger partial charge in [-0.2, -0.15) is 0 Å². The van der Waals surface area contributed by atoms with Crippen LogP contribution in [0.25, 0.3) is 11.1 Å². The lowest BCUT2D eigenvalue weighted by Crippen LogP contribution is -2.46. The Hall–Kier alpha value is -2.78. The maximum absolute atomic E-state index is 6.03. The molecular formula is C26H28N2O. The van der Waals surface area contributed by atoms with Crippen molar-refractivity contribution in [3.05, 3.63) is 83.9 Å². The molecule has 0 aliphatic carbocycles. The van der Waals surface area contributed by atoms with E-state index in [9.17, 15) is 0 Å². The molecule has 3 aromatic rings. The number of hydrogen-bond acceptors (Lipinski definition) is 3. The van der Waals surface area contributed by atoms with Gasteiger partial charge in [0, 0.05) is 32.7 Å². The van der Waals surface area contributed by atoms with E-state index in [-0.39, 0.29) is 0 Å². The minimum absolute atomic E-state index is 0.849. The van der Waals surface area contributed by atoms with Gasteiger partial charge in [0.15, 0.2) is 0 Å². The number of piperazine rings is 1. The van der Waals surface area contributed by atoms with Gasteiger partial charge in [0.1, 0.15) is 5.75 Å². The summed E-state index contributed by atoms with van der Waals surface area (Å²) in [5.74, 6) is 1.13. The SMILES string of the molecule is c1ccc(-c2cccc(CN3CCN(c4cccc5c4OCCC5)CC3)c2)cc1. The molecule has 29 heavy (non-hydrogen) atoms. The molecule has 0 saturated carbocycles. The standard InChI is InChI=1S/C26H28N2O/c1-2-8-22(9-3-1)24-11-4-7-21(19-24)20-27-14-16-28(17-15-27)25-13-5-10-23-12-6-18-29-26(23)25/h1-5,7-11,13,19H,6,12,14-18,20H2. The summed E-state index contributed by atoms with van der Waals surface area (Å²) < 4.78 is 6.03. The average Bonchev–Trinajstić information content (AvgIpc) is 2.80. The summed E-state index contributed by atoms with van der Waals surface area (Å²) in [7, 11) is 0. The van der Waals surface area contributed by atoms with E-state index in [4.69, 9.17) is 4.74 Å². The van der Waals surface area contributed by atoms with Crippen LogP contribution in [0.4, 0.5) is 5.69 Å². The molecule has 3 heteroatoms. The third kappa shape index (κ3) is 4.01. The smallest absolute Gasteiger partial charge is 0.145 e. The number of fused-ring (bicyclic) bond motifs is 1. The second kappa shape index (κ2) is 8.30. The molecule has 0 bridgehead atoms. The molecule has 1 fully saturated rings. The molecule has 148 valence electrons. The summed E-state index contributed by atoms with van der Waals surface area (Å²) in [5.41, 5.74) is 6.63. The summed E-state index contributed by atoms with van der Waals surface area (Å²) >= 11 is 0. The minimum Gasteiger partial charge on any atom is -0.491 e. The van der Waals surface area contributed by atoms with Gasteiger partial charge in [0.05, 0.1) is 12.3 Å². The maximum Gasteiger partial charge on any atom is 0.145 e. The summed E-state index contributed by atoms with van der Waals surface area (Å²) in [6.07, 6.45) is 2.27. The number of benzene rings is 3. The molecule has 5 rings (SSSR count). The van der Waals surface area contributed by atoms with E-state index >= 15 is 0 Å². The quantitative estimate of drug-likeness (QED) is 0.629. The van der Waals surface area contributed by atoms with Crippen molar-refractivity contribution in [2.75, 3.05) is 37.7 Å². The lowest BCUT2D eigenvalue weighted by Gasteiger charge is -2.37. The van der Waals surface area contributed by atoms with E-state index in [2.05, 4.69) is 82.6 Å². The van der Waals surface area contributed by atoms with Gasteiger partial charge in [-0.05, 0) is 47.2 Å². The third-order valence-electron chi connectivity index (χ3n) is 6.07. The van der Waals surface area contributed by atoms with Crippen molar-refractivity contribution in [2.45, 2.75) is 19.4 Å². The van der Waals surface area contributed by atoms with E-state index in [1.807, 2.05) is 0 Å². The zero-order valence-corrected chi connectivity index (χ0v) is 16.9. The van der Waals surface area contributed by atoms with Crippen LogP contribution in [0.15, 0.2) is 72.8 Å². The van der Waals surface area contributed by atoms with Gasteiger partial charge < -0.3 is 9.64 Å². The fourth-order valence-corrected chi connectivity index (χ4v) is 4.51. The van der Waals surface area contributed by atoms with Crippen molar-refractivity contribution in [3.8, 4) is 16.9 Å². The van der Waals surface area contributed by atoms with Gasteiger partial charge in [0.2, 0.25) is 0 Å². The van der Waals surface area contributed by atoms with Crippen LogP contribution in [0, 0.1) is 0 Å². The Labute approximate surface area is 173 Å². The van der Waals surface area contributed by atoms with E-state index in [1.54, 1.807) is 0 Å². The van der Waals surface area contributed by atoms with E-state index in [0.717, 1.165) is 57.9 Å². The molecule has 2 aliphatic heterocycles. The number of anilines is 1. The molecule has 1 saturated heterocycles. The van der Waals surface area contributed by atoms with Crippen LogP contribution in [0.5, 0.6) is 5.75 Å². The molecule has 3 aromatic carbocycles. The molecule has 0 amide bonds. The summed E-state index contributed by atoms with van der Waals surface area (Å²) in [6, 6.07) is 26.2. The molecule has 0 aromatic heterocycles. The van der Waals surface area contributed by atoms with Crippen LogP contribution in [0.2, 0.25) is 0 Å². The highest BCUT2D eigenvalue weighted by Gasteiger charge is 2.22. The molecular weight excluding hydrogens is 356 g/mol. The predicted molar refractivity (Wildman–Crippen MR) is 120 cm³/mol. The van der Waals surface area contributed by atoms with Crippen LogP contribution in [0.1, 0.15) is 17.5 Å². The van der Waals surface area contributed by atoms with Gasteiger partial charge in [-0.15, -0.1) is 0 Å². The largest absolute Gasteiger partial charge is 0.491 e. The van der Waals surface area contributed by atoms with E-state index in [0.29, 0.717) is 0 Å². The van der Waals surface area contributed by atoms with Crippen molar-refractivity contribution in [2.24, 2.45) is 0 Å². The molecule has 0 N–H and O–H groups in total. The van der Waals surface area contributed by atoms with Crippen molar-refractivity contribution in [3.63, 3.8) is 0 Å². The molecule has 2 heterocycles. The minimum atomic E-state index is 0.849. The highest BCUT2D eigenvalue weighted by molar-refractivity contribution is 5.64. The Bertz CT molecular complexity index is 961. The van der Waals surface area contributed by atoms with Crippen molar-refractivity contribution >= 4 is 5.69 Å². The topological polar surface area (TPSA) is 15.7 Å². The normalized spacial score (nSPS) is 16.9. The molecule has 0 radical (unpaired) electrons. The second-order valence-electron chi connectivity index (χ2n) is 8.05. The van der Waals surface area contributed by atoms with Crippen LogP contribution < -0.4 is 9.64 Å². The molecule has 0 spiro atoms. The maximum atomic E-state index is 6.03. The first kappa shape index (κ1) is 18.3. The summed E-state index contributed by atoms with van der Waals surface area (Å²) in [6.45, 7) is 6.13. The number of nitrogens with zero attached hydrogens (tertiary/aromatic N) is 2. The van der Waals surface area contributed by atoms with Gasteiger partial charge >= 0.3 is 0 Å². The van der Waals surface area contributed by atoms with Crippen molar-refractivity contribution in [1.82, 2.24) is 4.90 Å². The Balaban J connectivity index is 1.24. The fraction of sp³-hybridized carbons (Fsp3) is 0.308. The first-order valence-electron chi connectivity index (χ1n) is 10.7. The van der Waals surface area contributed by atoms with Crippen LogP contribution in [-0.4, -0.2) is 37.7 Å². The molecule has 3 nitrogen and oxygen atoms in total. The first-order valence-corrected chi connectivity index (χ1v) is 10.7. The number of para-hydroxylation sites is 1. The van der Waals surface area contributed by atoms with Gasteiger partial charge in [-0.25, -0.2) is 0 Å². The fourth-order valence-electron chi connectivity index (χ4n) is 4.51. The average molecular weight is 385 g/mol. The number of aryl methyl sites for hydroxylation is 1. The number of hydrogen-bond donors (Lipinski definition) is 0. The molecule has 0 unspecified atom stereocenters. The summed E-state index contributed by atoms with van der Waals surface area (Å²) in [4.78, 5) is 5.07. The van der Waals surface area contributed by atoms with Gasteiger partial charge in [0.25, 0.3) is 0 Å². The van der Waals surface area contributed by atoms with Gasteiger partial charge in [-0.3, -0.25) is 4.90 Å². The van der Waals surface area contributed by atoms with E-state index in [1.165, 1.54) is 27.9 Å². The first-order chi connectivity index (χ1) is 14.4. The zero-order chi connectivity index (χ0) is 19.5. The van der Waals surface area contributed by atoms with Crippen molar-refractivity contribution < 1.29 is 4.74 Å². The number of rotatable bonds is 4. The molecule has 0 atom stereocenters. The highest BCUT2D eigenvalue weighted by Crippen LogP contribution is 2.36. The monoisotopic (exact) mass is 384 g/mol. The Morgan fingerprint density at radius 1 is 0.759 bits per heavy atom. The van der Waals surface area contributed by atoms with Gasteiger partial charge in [-0.1, -0.05) is 60.7 Å². The third-order valence-corrected chi connectivity index (χ3v) is 6.07. The predicted octanol–water partition coefficient (Wildman–Crippen LogP) is 5.00. The number of ether oxygens (including phenoxy) is 1. The lowest BCUT2D eigenvalue weighted by atomic mass is 10.0. The second-order valence-corrected chi connectivity index (χ2v) is 8.05. The van der Waals surface area contributed by atoms with Crippen LogP contribution >= 0.6 is 0 Å². The lowest BCUT2D eigenvalue weighted by molar-refractivity contribution is 0.247. The van der Waals surface area contributed by atoms with Crippen LogP contribution in [0.3, 0.4) is 0 Å². The molecule has 2 aliphatic rings. The zero-order valence-electron chi connectivity index (χ0n) is 16.9. The Morgan fingerprint density at radius 2 is 1.55 bits per heavy atom. The van der Waals surface area contributed by atoms with E-state index < -0.39 is 0 Å². The highest BCUT2D eigenvalue weighted by atomic mass is 16.5.